The third kappa shape index (κ3) is 3.13. The molecule has 1 aromatic heterocycles. The minimum atomic E-state index is 0.124. The SMILES string of the molecule is CN(C(=O)C1CCC(CO)CC1)c1cc(Br)cs1. The number of hydrogen-bond donors (Lipinski definition) is 1. The zero-order valence-corrected chi connectivity index (χ0v) is 12.8. The van der Waals surface area contributed by atoms with Crippen molar-refractivity contribution in [3.8, 4) is 0 Å². The summed E-state index contributed by atoms with van der Waals surface area (Å²) in [5.74, 6) is 0.731. The van der Waals surface area contributed by atoms with E-state index in [1.54, 1.807) is 16.2 Å². The molecule has 0 atom stereocenters. The van der Waals surface area contributed by atoms with E-state index in [1.165, 1.54) is 0 Å². The van der Waals surface area contributed by atoms with E-state index in [2.05, 4.69) is 15.9 Å². The summed E-state index contributed by atoms with van der Waals surface area (Å²) in [6.45, 7) is 0.259. The van der Waals surface area contributed by atoms with Gasteiger partial charge in [0.2, 0.25) is 5.91 Å². The first-order valence-corrected chi connectivity index (χ1v) is 7.91. The molecule has 2 rings (SSSR count). The summed E-state index contributed by atoms with van der Waals surface area (Å²) in [6, 6.07) is 1.97. The summed E-state index contributed by atoms with van der Waals surface area (Å²) in [5, 5.41) is 12.1. The lowest BCUT2D eigenvalue weighted by molar-refractivity contribution is -0.123. The molecular weight excluding hydrogens is 314 g/mol. The fraction of sp³-hybridized carbons (Fsp3) is 0.615. The monoisotopic (exact) mass is 331 g/mol. The van der Waals surface area contributed by atoms with Gasteiger partial charge in [0.05, 0.1) is 5.00 Å². The van der Waals surface area contributed by atoms with Gasteiger partial charge in [0, 0.05) is 29.4 Å². The van der Waals surface area contributed by atoms with Gasteiger partial charge in [0.15, 0.2) is 0 Å². The zero-order valence-electron chi connectivity index (χ0n) is 10.4. The van der Waals surface area contributed by atoms with E-state index in [1.807, 2.05) is 18.5 Å². The highest BCUT2D eigenvalue weighted by atomic mass is 79.9. The van der Waals surface area contributed by atoms with E-state index in [4.69, 9.17) is 5.11 Å². The number of halogens is 1. The molecule has 1 aromatic rings. The molecule has 0 bridgehead atoms. The van der Waals surface area contributed by atoms with Crippen molar-refractivity contribution in [2.75, 3.05) is 18.6 Å². The number of carbonyl (C=O) groups is 1. The number of thiophene rings is 1. The highest BCUT2D eigenvalue weighted by Gasteiger charge is 2.28. The van der Waals surface area contributed by atoms with Crippen LogP contribution in [0.1, 0.15) is 25.7 Å². The number of hydrogen-bond acceptors (Lipinski definition) is 3. The average Bonchev–Trinajstić information content (AvgIpc) is 2.84. The maximum absolute atomic E-state index is 12.4. The lowest BCUT2D eigenvalue weighted by Gasteiger charge is -2.29. The standard InChI is InChI=1S/C13H18BrNO2S/c1-15(12-6-11(14)8-18-12)13(17)10-4-2-9(7-16)3-5-10/h6,8-10,16H,2-5,7H2,1H3. The van der Waals surface area contributed by atoms with E-state index >= 15 is 0 Å². The predicted molar refractivity (Wildman–Crippen MR) is 78.0 cm³/mol. The molecule has 0 radical (unpaired) electrons. The molecular formula is C13H18BrNO2S. The summed E-state index contributed by atoms with van der Waals surface area (Å²) >= 11 is 4.98. The fourth-order valence-electron chi connectivity index (χ4n) is 2.45. The second kappa shape index (κ2) is 6.17. The van der Waals surface area contributed by atoms with E-state index in [0.717, 1.165) is 35.2 Å². The van der Waals surface area contributed by atoms with Crippen molar-refractivity contribution in [2.24, 2.45) is 11.8 Å². The van der Waals surface area contributed by atoms with E-state index in [9.17, 15) is 4.79 Å². The van der Waals surface area contributed by atoms with Crippen molar-refractivity contribution in [3.63, 3.8) is 0 Å². The molecule has 5 heteroatoms. The van der Waals surface area contributed by atoms with Crippen molar-refractivity contribution >= 4 is 38.2 Å². The number of amides is 1. The van der Waals surface area contributed by atoms with Crippen LogP contribution in [0.3, 0.4) is 0 Å². The largest absolute Gasteiger partial charge is 0.396 e. The second-order valence-corrected chi connectivity index (χ2v) is 6.71. The molecule has 1 saturated carbocycles. The fourth-order valence-corrected chi connectivity index (χ4v) is 3.85. The van der Waals surface area contributed by atoms with Crippen molar-refractivity contribution in [2.45, 2.75) is 25.7 Å². The van der Waals surface area contributed by atoms with Crippen LogP contribution in [0.15, 0.2) is 15.9 Å². The lowest BCUT2D eigenvalue weighted by atomic mass is 9.82. The molecule has 0 saturated heterocycles. The normalized spacial score (nSPS) is 23.9. The lowest BCUT2D eigenvalue weighted by Crippen LogP contribution is -2.34. The second-order valence-electron chi connectivity index (χ2n) is 4.90. The first-order chi connectivity index (χ1) is 8.61. The van der Waals surface area contributed by atoms with Crippen molar-refractivity contribution < 1.29 is 9.90 Å². The number of anilines is 1. The highest BCUT2D eigenvalue weighted by Crippen LogP contribution is 2.33. The summed E-state index contributed by atoms with van der Waals surface area (Å²) in [7, 11) is 1.85. The number of carbonyl (C=O) groups excluding carboxylic acids is 1. The van der Waals surface area contributed by atoms with Gasteiger partial charge in [-0.3, -0.25) is 4.79 Å². The van der Waals surface area contributed by atoms with Gasteiger partial charge in [-0.2, -0.15) is 0 Å². The van der Waals surface area contributed by atoms with Crippen LogP contribution >= 0.6 is 27.3 Å². The van der Waals surface area contributed by atoms with Gasteiger partial charge < -0.3 is 10.0 Å². The summed E-state index contributed by atoms with van der Waals surface area (Å²) < 4.78 is 1.02. The van der Waals surface area contributed by atoms with Crippen LogP contribution in [-0.2, 0) is 4.79 Å². The van der Waals surface area contributed by atoms with Crippen LogP contribution in [0.5, 0.6) is 0 Å². The van der Waals surface area contributed by atoms with Gasteiger partial charge in [0.1, 0.15) is 0 Å². The number of aliphatic hydroxyl groups excluding tert-OH is 1. The maximum atomic E-state index is 12.4. The maximum Gasteiger partial charge on any atom is 0.230 e. The third-order valence-electron chi connectivity index (χ3n) is 3.67. The van der Waals surface area contributed by atoms with Crippen LogP contribution < -0.4 is 4.90 Å². The Hall–Kier alpha value is -0.390. The highest BCUT2D eigenvalue weighted by molar-refractivity contribution is 9.10. The topological polar surface area (TPSA) is 40.5 Å². The molecule has 1 aliphatic carbocycles. The minimum absolute atomic E-state index is 0.124. The molecule has 3 nitrogen and oxygen atoms in total. The minimum Gasteiger partial charge on any atom is -0.396 e. The number of rotatable bonds is 3. The third-order valence-corrected chi connectivity index (χ3v) is 5.43. The van der Waals surface area contributed by atoms with Crippen molar-refractivity contribution in [1.82, 2.24) is 0 Å². The van der Waals surface area contributed by atoms with Crippen LogP contribution in [0.2, 0.25) is 0 Å². The van der Waals surface area contributed by atoms with Gasteiger partial charge in [-0.1, -0.05) is 0 Å². The smallest absolute Gasteiger partial charge is 0.230 e. The van der Waals surface area contributed by atoms with Crippen LogP contribution in [0.4, 0.5) is 5.00 Å². The van der Waals surface area contributed by atoms with Gasteiger partial charge in [0.25, 0.3) is 0 Å². The first-order valence-electron chi connectivity index (χ1n) is 6.24. The van der Waals surface area contributed by atoms with Crippen LogP contribution in [0.25, 0.3) is 0 Å². The molecule has 18 heavy (non-hydrogen) atoms. The molecule has 100 valence electrons. The molecule has 1 aliphatic rings. The molecule has 0 spiro atoms. The Morgan fingerprint density at radius 2 is 2.17 bits per heavy atom. The van der Waals surface area contributed by atoms with Gasteiger partial charge in [-0.05, 0) is 53.6 Å². The molecule has 1 N–H and O–H groups in total. The van der Waals surface area contributed by atoms with E-state index in [0.29, 0.717) is 5.92 Å². The summed E-state index contributed by atoms with van der Waals surface area (Å²) in [5.41, 5.74) is 0. The first kappa shape index (κ1) is 14.0. The van der Waals surface area contributed by atoms with Crippen molar-refractivity contribution in [3.05, 3.63) is 15.9 Å². The summed E-state index contributed by atoms with van der Waals surface area (Å²) in [6.07, 6.45) is 3.74. The Morgan fingerprint density at radius 1 is 1.50 bits per heavy atom. The Morgan fingerprint density at radius 3 is 2.67 bits per heavy atom. The van der Waals surface area contributed by atoms with Crippen LogP contribution in [-0.4, -0.2) is 24.7 Å². The van der Waals surface area contributed by atoms with Crippen LogP contribution in [0, 0.1) is 11.8 Å². The molecule has 1 fully saturated rings. The zero-order chi connectivity index (χ0) is 13.1. The van der Waals surface area contributed by atoms with Gasteiger partial charge in [-0.15, -0.1) is 11.3 Å². The number of aliphatic hydroxyl groups is 1. The molecule has 1 heterocycles. The van der Waals surface area contributed by atoms with Gasteiger partial charge >= 0.3 is 0 Å². The Bertz CT molecular complexity index is 413. The average molecular weight is 332 g/mol. The molecule has 0 aromatic carbocycles. The quantitative estimate of drug-likeness (QED) is 0.923. The van der Waals surface area contributed by atoms with Crippen molar-refractivity contribution in [1.29, 1.82) is 0 Å². The summed E-state index contributed by atoms with van der Waals surface area (Å²) in [4.78, 5) is 14.1. The number of nitrogens with zero attached hydrogens (tertiary/aromatic N) is 1. The molecule has 0 unspecified atom stereocenters. The Labute approximate surface area is 120 Å². The Balaban J connectivity index is 1.95. The molecule has 1 amide bonds. The molecule has 0 aliphatic heterocycles. The van der Waals surface area contributed by atoms with E-state index < -0.39 is 0 Å². The van der Waals surface area contributed by atoms with E-state index in [-0.39, 0.29) is 18.4 Å². The Kier molecular flexibility index (Phi) is 4.81. The van der Waals surface area contributed by atoms with Gasteiger partial charge in [-0.25, -0.2) is 0 Å². The predicted octanol–water partition coefficient (Wildman–Crippen LogP) is 3.27.